The minimum absolute atomic E-state index is 0.254. The van der Waals surface area contributed by atoms with Crippen molar-refractivity contribution in [3.63, 3.8) is 0 Å². The molecule has 0 bridgehead atoms. The molecular formula is C13H14F2N2O3. The van der Waals surface area contributed by atoms with E-state index in [1.165, 1.54) is 0 Å². The van der Waals surface area contributed by atoms with E-state index in [0.717, 1.165) is 18.2 Å². The fourth-order valence-electron chi connectivity index (χ4n) is 2.27. The highest BCUT2D eigenvalue weighted by Crippen LogP contribution is 2.25. The lowest BCUT2D eigenvalue weighted by Gasteiger charge is -2.13. The van der Waals surface area contributed by atoms with E-state index in [2.05, 4.69) is 10.6 Å². The minimum Gasteiger partial charge on any atom is -0.481 e. The van der Waals surface area contributed by atoms with Gasteiger partial charge >= 0.3 is 12.0 Å². The van der Waals surface area contributed by atoms with Gasteiger partial charge in [0.05, 0.1) is 11.6 Å². The topological polar surface area (TPSA) is 78.4 Å². The van der Waals surface area contributed by atoms with Crippen LogP contribution >= 0.6 is 0 Å². The van der Waals surface area contributed by atoms with Gasteiger partial charge in [-0.15, -0.1) is 0 Å². The zero-order chi connectivity index (χ0) is 14.7. The summed E-state index contributed by atoms with van der Waals surface area (Å²) in [6, 6.07) is 1.80. The molecule has 1 saturated carbocycles. The van der Waals surface area contributed by atoms with E-state index in [4.69, 9.17) is 5.11 Å². The number of aliphatic carboxylic acids is 1. The van der Waals surface area contributed by atoms with Crippen LogP contribution in [0.15, 0.2) is 18.2 Å². The van der Waals surface area contributed by atoms with Crippen molar-refractivity contribution in [2.45, 2.75) is 25.3 Å². The van der Waals surface area contributed by atoms with Crippen molar-refractivity contribution >= 4 is 17.7 Å². The molecular weight excluding hydrogens is 270 g/mol. The maximum absolute atomic E-state index is 13.3. The molecule has 0 aromatic heterocycles. The van der Waals surface area contributed by atoms with Crippen molar-refractivity contribution in [1.29, 1.82) is 0 Å². The molecule has 5 nitrogen and oxygen atoms in total. The van der Waals surface area contributed by atoms with Crippen LogP contribution in [0.5, 0.6) is 0 Å². The highest BCUT2D eigenvalue weighted by Gasteiger charge is 2.30. The van der Waals surface area contributed by atoms with Crippen LogP contribution in [0.1, 0.15) is 19.3 Å². The van der Waals surface area contributed by atoms with Gasteiger partial charge < -0.3 is 15.7 Å². The first kappa shape index (κ1) is 14.2. The molecule has 7 heteroatoms. The molecule has 2 rings (SSSR count). The van der Waals surface area contributed by atoms with Crippen molar-refractivity contribution in [2.24, 2.45) is 5.92 Å². The Balaban J connectivity index is 1.90. The lowest BCUT2D eigenvalue weighted by atomic mass is 10.1. The van der Waals surface area contributed by atoms with Crippen LogP contribution < -0.4 is 10.6 Å². The van der Waals surface area contributed by atoms with E-state index in [1.54, 1.807) is 0 Å². The first-order valence-electron chi connectivity index (χ1n) is 6.21. The van der Waals surface area contributed by atoms with Crippen LogP contribution in [0.25, 0.3) is 0 Å². The molecule has 0 spiro atoms. The number of nitrogens with one attached hydrogen (secondary N) is 2. The second kappa shape index (κ2) is 5.85. The molecule has 0 radical (unpaired) electrons. The number of halogens is 2. The average molecular weight is 284 g/mol. The van der Waals surface area contributed by atoms with Gasteiger partial charge in [0, 0.05) is 12.1 Å². The zero-order valence-corrected chi connectivity index (χ0v) is 10.5. The van der Waals surface area contributed by atoms with Crippen LogP contribution in [0.4, 0.5) is 19.3 Å². The van der Waals surface area contributed by atoms with Gasteiger partial charge in [0.15, 0.2) is 0 Å². The van der Waals surface area contributed by atoms with Gasteiger partial charge in [0.25, 0.3) is 0 Å². The third kappa shape index (κ3) is 3.43. The van der Waals surface area contributed by atoms with E-state index in [0.29, 0.717) is 19.3 Å². The van der Waals surface area contributed by atoms with Gasteiger partial charge in [-0.2, -0.15) is 0 Å². The number of amides is 2. The van der Waals surface area contributed by atoms with Crippen molar-refractivity contribution in [2.75, 3.05) is 5.32 Å². The second-order valence-corrected chi connectivity index (χ2v) is 4.77. The maximum Gasteiger partial charge on any atom is 0.319 e. The lowest BCUT2D eigenvalue weighted by Crippen LogP contribution is -2.36. The van der Waals surface area contributed by atoms with Gasteiger partial charge in [0.2, 0.25) is 0 Å². The van der Waals surface area contributed by atoms with E-state index < -0.39 is 29.6 Å². The highest BCUT2D eigenvalue weighted by molar-refractivity contribution is 5.89. The molecule has 2 atom stereocenters. The van der Waals surface area contributed by atoms with Crippen LogP contribution in [-0.4, -0.2) is 23.1 Å². The summed E-state index contributed by atoms with van der Waals surface area (Å²) in [5, 5.41) is 13.6. The Hall–Kier alpha value is -2.18. The SMILES string of the molecule is O=C(Nc1cc(F)ccc1F)NC1CCC(C(=O)O)C1. The summed E-state index contributed by atoms with van der Waals surface area (Å²) >= 11 is 0. The Bertz CT molecular complexity index is 536. The standard InChI is InChI=1S/C13H14F2N2O3/c14-8-2-4-10(15)11(6-8)17-13(20)16-9-3-1-7(5-9)12(18)19/h2,4,6-7,9H,1,3,5H2,(H,18,19)(H2,16,17,20). The Kier molecular flexibility index (Phi) is 4.16. The largest absolute Gasteiger partial charge is 0.481 e. The predicted octanol–water partition coefficient (Wildman–Crippen LogP) is 2.34. The van der Waals surface area contributed by atoms with Gasteiger partial charge in [-0.05, 0) is 31.4 Å². The molecule has 0 aliphatic heterocycles. The summed E-state index contributed by atoms with van der Waals surface area (Å²) in [6.07, 6.45) is 1.39. The lowest BCUT2D eigenvalue weighted by molar-refractivity contribution is -0.141. The molecule has 108 valence electrons. The third-order valence-corrected chi connectivity index (χ3v) is 3.29. The molecule has 1 aromatic rings. The summed E-state index contributed by atoms with van der Waals surface area (Å²) in [4.78, 5) is 22.4. The third-order valence-electron chi connectivity index (χ3n) is 3.29. The van der Waals surface area contributed by atoms with Crippen LogP contribution in [0.2, 0.25) is 0 Å². The Labute approximate surface area is 114 Å². The molecule has 2 unspecified atom stereocenters. The molecule has 3 N–H and O–H groups in total. The summed E-state index contributed by atoms with van der Waals surface area (Å²) in [6.45, 7) is 0. The fraction of sp³-hybridized carbons (Fsp3) is 0.385. The van der Waals surface area contributed by atoms with E-state index >= 15 is 0 Å². The quantitative estimate of drug-likeness (QED) is 0.797. The number of rotatable bonds is 3. The number of carboxylic acids is 1. The van der Waals surface area contributed by atoms with Crippen molar-refractivity contribution in [3.8, 4) is 0 Å². The first-order chi connectivity index (χ1) is 9.45. The predicted molar refractivity (Wildman–Crippen MR) is 67.3 cm³/mol. The Morgan fingerprint density at radius 1 is 1.25 bits per heavy atom. The molecule has 1 fully saturated rings. The normalized spacial score (nSPS) is 21.5. The molecule has 0 heterocycles. The molecule has 0 saturated heterocycles. The Morgan fingerprint density at radius 3 is 2.65 bits per heavy atom. The van der Waals surface area contributed by atoms with Crippen LogP contribution in [-0.2, 0) is 4.79 Å². The van der Waals surface area contributed by atoms with Gasteiger partial charge in [0.1, 0.15) is 11.6 Å². The molecule has 1 aliphatic rings. The number of benzene rings is 1. The van der Waals surface area contributed by atoms with Crippen LogP contribution in [0, 0.1) is 17.6 Å². The molecule has 1 aliphatic carbocycles. The maximum atomic E-state index is 13.3. The van der Waals surface area contributed by atoms with Crippen molar-refractivity contribution in [1.82, 2.24) is 5.32 Å². The summed E-state index contributed by atoms with van der Waals surface area (Å²) < 4.78 is 26.3. The highest BCUT2D eigenvalue weighted by atomic mass is 19.1. The number of carbonyl (C=O) groups excluding carboxylic acids is 1. The van der Waals surface area contributed by atoms with E-state index in [1.807, 2.05) is 0 Å². The van der Waals surface area contributed by atoms with E-state index in [9.17, 15) is 18.4 Å². The smallest absolute Gasteiger partial charge is 0.319 e. The average Bonchev–Trinajstić information content (AvgIpc) is 2.82. The number of carboxylic acid groups (broad SMARTS) is 1. The number of carbonyl (C=O) groups is 2. The summed E-state index contributed by atoms with van der Waals surface area (Å²) in [7, 11) is 0. The number of hydrogen-bond acceptors (Lipinski definition) is 2. The van der Waals surface area contributed by atoms with Crippen molar-refractivity contribution < 1.29 is 23.5 Å². The fourth-order valence-corrected chi connectivity index (χ4v) is 2.27. The van der Waals surface area contributed by atoms with Gasteiger partial charge in [-0.1, -0.05) is 0 Å². The first-order valence-corrected chi connectivity index (χ1v) is 6.21. The monoisotopic (exact) mass is 284 g/mol. The number of urea groups is 1. The molecule has 1 aromatic carbocycles. The zero-order valence-electron chi connectivity index (χ0n) is 10.5. The number of anilines is 1. The molecule has 2 amide bonds. The second-order valence-electron chi connectivity index (χ2n) is 4.77. The number of hydrogen-bond donors (Lipinski definition) is 3. The van der Waals surface area contributed by atoms with Crippen LogP contribution in [0.3, 0.4) is 0 Å². The molecule has 20 heavy (non-hydrogen) atoms. The summed E-state index contributed by atoms with van der Waals surface area (Å²) in [5.74, 6) is -2.75. The van der Waals surface area contributed by atoms with Crippen molar-refractivity contribution in [3.05, 3.63) is 29.8 Å². The minimum atomic E-state index is -0.883. The Morgan fingerprint density at radius 2 is 2.00 bits per heavy atom. The van der Waals surface area contributed by atoms with Gasteiger partial charge in [-0.25, -0.2) is 13.6 Å². The van der Waals surface area contributed by atoms with E-state index in [-0.39, 0.29) is 11.7 Å². The van der Waals surface area contributed by atoms with Gasteiger partial charge in [-0.3, -0.25) is 4.79 Å². The summed E-state index contributed by atoms with van der Waals surface area (Å²) in [5.41, 5.74) is -0.254.